The molecule has 1 aliphatic rings. The van der Waals surface area contributed by atoms with Crippen LogP contribution in [0.2, 0.25) is 0 Å². The molecular formula is C14H17N4+. The van der Waals surface area contributed by atoms with Crippen LogP contribution in [0, 0.1) is 12.3 Å². The minimum absolute atomic E-state index is 0.447. The van der Waals surface area contributed by atoms with E-state index in [1.807, 2.05) is 48.7 Å². The van der Waals surface area contributed by atoms with Crippen LogP contribution in [-0.2, 0) is 0 Å². The first-order valence-corrected chi connectivity index (χ1v) is 5.84. The molecule has 1 aliphatic carbocycles. The van der Waals surface area contributed by atoms with E-state index in [0.29, 0.717) is 18.1 Å². The Morgan fingerprint density at radius 2 is 2.06 bits per heavy atom. The van der Waals surface area contributed by atoms with Crippen molar-refractivity contribution >= 4 is 22.8 Å². The summed E-state index contributed by atoms with van der Waals surface area (Å²) in [6.07, 6.45) is 7.30. The third-order valence-electron chi connectivity index (χ3n) is 2.72. The number of nitrogens with one attached hydrogen (secondary N) is 1. The molecule has 0 saturated carbocycles. The standard InChI is InChI=1S/C14H16N4/c1-10-6-7-12(16)14(8-10)18-9-17-13-5-3-2-4-11(13)15/h2-8,15,18H,9,16H2,1H3/p+1. The molecule has 2 rings (SSSR count). The third-order valence-corrected chi connectivity index (χ3v) is 2.72. The molecule has 0 amide bonds. The maximum atomic E-state index is 7.70. The van der Waals surface area contributed by atoms with Crippen molar-refractivity contribution in [1.82, 2.24) is 0 Å². The quantitative estimate of drug-likeness (QED) is 0.541. The first-order valence-electron chi connectivity index (χ1n) is 5.84. The second-order valence-corrected chi connectivity index (χ2v) is 4.19. The van der Waals surface area contributed by atoms with Crippen molar-refractivity contribution in [2.75, 3.05) is 12.4 Å². The second kappa shape index (κ2) is 5.42. The number of hydrogen-bond donors (Lipinski definition) is 3. The lowest BCUT2D eigenvalue weighted by Gasteiger charge is -2.05. The number of nitrogens with zero attached hydrogens (tertiary/aromatic N) is 1. The Morgan fingerprint density at radius 3 is 2.83 bits per heavy atom. The van der Waals surface area contributed by atoms with Gasteiger partial charge in [0.15, 0.2) is 12.4 Å². The monoisotopic (exact) mass is 241 g/mol. The van der Waals surface area contributed by atoms with Gasteiger partial charge in [-0.05, 0) is 30.7 Å². The first-order chi connectivity index (χ1) is 8.66. The summed E-state index contributed by atoms with van der Waals surface area (Å²) in [4.78, 5) is 4.37. The van der Waals surface area contributed by atoms with Gasteiger partial charge in [-0.25, -0.2) is 4.99 Å². The summed E-state index contributed by atoms with van der Waals surface area (Å²) in [5, 5.41) is 9.68. The predicted octanol–water partition coefficient (Wildman–Crippen LogP) is 1.32. The van der Waals surface area contributed by atoms with Crippen molar-refractivity contribution in [3.63, 3.8) is 0 Å². The second-order valence-electron chi connectivity index (χ2n) is 4.19. The average molecular weight is 241 g/mol. The smallest absolute Gasteiger partial charge is 0.174 e. The zero-order valence-electron chi connectivity index (χ0n) is 10.4. The highest BCUT2D eigenvalue weighted by Crippen LogP contribution is 2.13. The van der Waals surface area contributed by atoms with E-state index in [1.54, 1.807) is 6.08 Å². The lowest BCUT2D eigenvalue weighted by Crippen LogP contribution is -2.77. The van der Waals surface area contributed by atoms with Gasteiger partial charge < -0.3 is 5.73 Å². The van der Waals surface area contributed by atoms with Crippen LogP contribution < -0.4 is 11.1 Å². The minimum Gasteiger partial charge on any atom is -0.394 e. The molecule has 0 aromatic heterocycles. The van der Waals surface area contributed by atoms with E-state index >= 15 is 0 Å². The lowest BCUT2D eigenvalue weighted by atomic mass is 10.1. The van der Waals surface area contributed by atoms with Crippen LogP contribution >= 0.6 is 0 Å². The molecule has 4 nitrogen and oxygen atoms in total. The van der Waals surface area contributed by atoms with Gasteiger partial charge in [-0.2, -0.15) is 0 Å². The van der Waals surface area contributed by atoms with Crippen LogP contribution in [0.3, 0.4) is 0 Å². The maximum Gasteiger partial charge on any atom is 0.174 e. The Kier molecular flexibility index (Phi) is 3.69. The lowest BCUT2D eigenvalue weighted by molar-refractivity contribution is -0.568. The van der Waals surface area contributed by atoms with E-state index in [0.717, 1.165) is 11.4 Å². The van der Waals surface area contributed by atoms with Crippen LogP contribution in [0.15, 0.2) is 47.5 Å². The largest absolute Gasteiger partial charge is 0.394 e. The van der Waals surface area contributed by atoms with Gasteiger partial charge in [0, 0.05) is 6.07 Å². The summed E-state index contributed by atoms with van der Waals surface area (Å²) in [5.41, 5.74) is 9.98. The predicted molar refractivity (Wildman–Crippen MR) is 75.5 cm³/mol. The van der Waals surface area contributed by atoms with E-state index in [9.17, 15) is 0 Å². The fraction of sp³-hybridized carbons (Fsp3) is 0.143. The fourth-order valence-corrected chi connectivity index (χ4v) is 1.72. The number of benzene rings is 1. The number of aryl methyl sites for hydroxylation is 1. The topological polar surface area (TPSA) is 78.8 Å². The molecule has 1 aromatic rings. The minimum atomic E-state index is 0.447. The van der Waals surface area contributed by atoms with Crippen LogP contribution in [0.5, 0.6) is 0 Å². The number of anilines is 1. The number of rotatable bonds is 3. The molecule has 0 saturated heterocycles. The molecule has 0 aliphatic heterocycles. The summed E-state index contributed by atoms with van der Waals surface area (Å²) in [6.45, 7) is 2.57. The molecule has 0 spiro atoms. The number of allylic oxidation sites excluding steroid dienone is 4. The van der Waals surface area contributed by atoms with Gasteiger partial charge >= 0.3 is 0 Å². The molecular weight excluding hydrogens is 224 g/mol. The zero-order chi connectivity index (χ0) is 13.0. The van der Waals surface area contributed by atoms with Crippen molar-refractivity contribution in [3.05, 3.63) is 48.1 Å². The van der Waals surface area contributed by atoms with Crippen molar-refractivity contribution in [1.29, 1.82) is 5.41 Å². The molecule has 4 heteroatoms. The van der Waals surface area contributed by atoms with Crippen molar-refractivity contribution in [2.45, 2.75) is 6.92 Å². The van der Waals surface area contributed by atoms with Gasteiger partial charge in [-0.15, -0.1) is 0 Å². The van der Waals surface area contributed by atoms with Crippen LogP contribution in [0.1, 0.15) is 5.56 Å². The highest BCUT2D eigenvalue weighted by atomic mass is 15.0. The molecule has 0 fully saturated rings. The van der Waals surface area contributed by atoms with E-state index < -0.39 is 0 Å². The van der Waals surface area contributed by atoms with Crippen LogP contribution in [0.25, 0.3) is 0 Å². The molecule has 92 valence electrons. The van der Waals surface area contributed by atoms with Gasteiger partial charge in [-0.3, -0.25) is 10.7 Å². The molecule has 0 unspecified atom stereocenters. The van der Waals surface area contributed by atoms with Crippen molar-refractivity contribution in [3.8, 4) is 0 Å². The van der Waals surface area contributed by atoms with Gasteiger partial charge in [-0.1, -0.05) is 18.2 Å². The zero-order valence-corrected chi connectivity index (χ0v) is 10.4. The highest BCUT2D eigenvalue weighted by molar-refractivity contribution is 6.49. The summed E-state index contributed by atoms with van der Waals surface area (Å²) in [6, 6.07) is 5.93. The Balaban J connectivity index is 2.02. The highest BCUT2D eigenvalue weighted by Gasteiger charge is 2.05. The summed E-state index contributed by atoms with van der Waals surface area (Å²) < 4.78 is 0. The van der Waals surface area contributed by atoms with Crippen LogP contribution in [0.4, 0.5) is 11.4 Å². The number of hydrogen-bond acceptors (Lipinski definition) is 3. The molecule has 1 aromatic carbocycles. The Labute approximate surface area is 106 Å². The van der Waals surface area contributed by atoms with Crippen molar-refractivity contribution in [2.24, 2.45) is 4.99 Å². The molecule has 0 heterocycles. The number of quaternary nitrogens is 1. The SMILES string of the molecule is Cc1ccc(N)c([NH2+]CN=C2C=CC=CC2=N)c1. The number of aliphatic imine (C=N–C) groups is 1. The van der Waals surface area contributed by atoms with E-state index in [2.05, 4.69) is 4.99 Å². The summed E-state index contributed by atoms with van der Waals surface area (Å²) in [7, 11) is 0. The average Bonchev–Trinajstić information content (AvgIpc) is 2.36. The molecule has 0 radical (unpaired) electrons. The van der Waals surface area contributed by atoms with Crippen LogP contribution in [-0.4, -0.2) is 18.1 Å². The van der Waals surface area contributed by atoms with Crippen molar-refractivity contribution < 1.29 is 5.32 Å². The van der Waals surface area contributed by atoms with E-state index in [-0.39, 0.29) is 0 Å². The maximum absolute atomic E-state index is 7.70. The fourth-order valence-electron chi connectivity index (χ4n) is 1.72. The van der Waals surface area contributed by atoms with E-state index in [4.69, 9.17) is 11.1 Å². The van der Waals surface area contributed by atoms with Gasteiger partial charge in [0.2, 0.25) is 0 Å². The first kappa shape index (κ1) is 12.3. The molecule has 0 atom stereocenters. The van der Waals surface area contributed by atoms with E-state index in [1.165, 1.54) is 5.56 Å². The van der Waals surface area contributed by atoms with Gasteiger partial charge in [0.25, 0.3) is 0 Å². The Morgan fingerprint density at radius 1 is 1.28 bits per heavy atom. The molecule has 5 N–H and O–H groups in total. The Bertz CT molecular complexity index is 553. The van der Waals surface area contributed by atoms with Gasteiger partial charge in [0.05, 0.1) is 17.1 Å². The third kappa shape index (κ3) is 2.93. The number of nitrogens with two attached hydrogens (primary N) is 2. The normalized spacial score (nSPS) is 16.5. The summed E-state index contributed by atoms with van der Waals surface area (Å²) >= 11 is 0. The molecule has 0 bridgehead atoms. The van der Waals surface area contributed by atoms with Gasteiger partial charge in [0.1, 0.15) is 0 Å². The Hall–Kier alpha value is -2.20. The summed E-state index contributed by atoms with van der Waals surface area (Å²) in [5.74, 6) is 0. The molecule has 18 heavy (non-hydrogen) atoms. The number of nitrogen functional groups attached to an aromatic ring is 1.